The molecule has 0 saturated heterocycles. The van der Waals surface area contributed by atoms with E-state index in [1.165, 1.54) is 14.7 Å². The minimum atomic E-state index is 0.593. The number of fused-ring (bicyclic) bond motifs is 1. The molecule has 1 aromatic carbocycles. The molecule has 0 unspecified atom stereocenters. The molecule has 0 radical (unpaired) electrons. The van der Waals surface area contributed by atoms with Crippen molar-refractivity contribution in [1.82, 2.24) is 14.5 Å². The molecule has 0 aliphatic heterocycles. The van der Waals surface area contributed by atoms with Crippen LogP contribution >= 0.6 is 34.2 Å². The second kappa shape index (κ2) is 6.75. The summed E-state index contributed by atoms with van der Waals surface area (Å²) in [7, 11) is 0. The lowest BCUT2D eigenvalue weighted by Gasteiger charge is -2.08. The van der Waals surface area contributed by atoms with Gasteiger partial charge >= 0.3 is 0 Å². The van der Waals surface area contributed by atoms with Crippen molar-refractivity contribution in [2.24, 2.45) is 0 Å². The Balaban J connectivity index is 1.93. The van der Waals surface area contributed by atoms with E-state index in [1.807, 2.05) is 12.4 Å². The minimum absolute atomic E-state index is 0.593. The second-order valence-corrected chi connectivity index (χ2v) is 6.48. The van der Waals surface area contributed by atoms with E-state index >= 15 is 0 Å². The van der Waals surface area contributed by atoms with Crippen molar-refractivity contribution >= 4 is 45.2 Å². The van der Waals surface area contributed by atoms with Crippen LogP contribution in [0.15, 0.2) is 42.7 Å². The van der Waals surface area contributed by atoms with Crippen LogP contribution in [0.2, 0.25) is 0 Å². The zero-order valence-electron chi connectivity index (χ0n) is 11.5. The van der Waals surface area contributed by atoms with Crippen molar-refractivity contribution in [3.05, 3.63) is 57.7 Å². The zero-order valence-corrected chi connectivity index (χ0v) is 14.4. The molecule has 3 nitrogen and oxygen atoms in total. The smallest absolute Gasteiger partial charge is 0.111 e. The predicted molar refractivity (Wildman–Crippen MR) is 94.8 cm³/mol. The molecule has 0 atom stereocenters. The molecule has 0 aliphatic carbocycles. The Morgan fingerprint density at radius 2 is 1.90 bits per heavy atom. The van der Waals surface area contributed by atoms with Gasteiger partial charge in [0.2, 0.25) is 0 Å². The monoisotopic (exact) mass is 411 g/mol. The van der Waals surface area contributed by atoms with Gasteiger partial charge in [-0.05, 0) is 64.9 Å². The Labute approximate surface area is 142 Å². The molecule has 0 spiro atoms. The number of pyridine rings is 1. The van der Waals surface area contributed by atoms with Crippen LogP contribution in [0, 0.1) is 3.57 Å². The van der Waals surface area contributed by atoms with E-state index in [0.29, 0.717) is 5.88 Å². The largest absolute Gasteiger partial charge is 0.328 e. The van der Waals surface area contributed by atoms with E-state index in [9.17, 15) is 0 Å². The fraction of sp³-hybridized carbons (Fsp3) is 0.250. The lowest BCUT2D eigenvalue weighted by molar-refractivity contribution is 0.674. The van der Waals surface area contributed by atoms with Crippen molar-refractivity contribution < 1.29 is 0 Å². The van der Waals surface area contributed by atoms with Gasteiger partial charge in [0.05, 0.1) is 11.0 Å². The number of hydrogen-bond donors (Lipinski definition) is 0. The highest BCUT2D eigenvalue weighted by Gasteiger charge is 2.10. The Bertz CT molecular complexity index is 740. The molecule has 0 fully saturated rings. The van der Waals surface area contributed by atoms with Crippen LogP contribution < -0.4 is 0 Å². The van der Waals surface area contributed by atoms with E-state index in [4.69, 9.17) is 16.6 Å². The maximum atomic E-state index is 5.92. The lowest BCUT2D eigenvalue weighted by atomic mass is 10.2. The molecular formula is C16H15ClIN3. The van der Waals surface area contributed by atoms with Gasteiger partial charge < -0.3 is 4.57 Å². The molecule has 108 valence electrons. The van der Waals surface area contributed by atoms with Gasteiger partial charge in [-0.15, -0.1) is 11.6 Å². The van der Waals surface area contributed by atoms with Gasteiger partial charge in [-0.2, -0.15) is 0 Å². The summed E-state index contributed by atoms with van der Waals surface area (Å²) in [6.45, 7) is 0.910. The standard InChI is InChI=1S/C16H15ClIN3/c17-7-3-16-20-14-11-13(18)1-2-15(14)21(16)10-6-12-4-8-19-9-5-12/h1-2,4-5,8-9,11H,3,6-7,10H2. The summed E-state index contributed by atoms with van der Waals surface area (Å²) in [6.07, 6.45) is 5.44. The van der Waals surface area contributed by atoms with Gasteiger partial charge in [-0.1, -0.05) is 0 Å². The predicted octanol–water partition coefficient (Wildman–Crippen LogP) is 4.06. The third-order valence-corrected chi connectivity index (χ3v) is 4.34. The van der Waals surface area contributed by atoms with Crippen molar-refractivity contribution in [1.29, 1.82) is 0 Å². The van der Waals surface area contributed by atoms with E-state index in [-0.39, 0.29) is 0 Å². The van der Waals surface area contributed by atoms with E-state index in [1.54, 1.807) is 0 Å². The summed E-state index contributed by atoms with van der Waals surface area (Å²) in [4.78, 5) is 8.80. The number of halogens is 2. The summed E-state index contributed by atoms with van der Waals surface area (Å²) in [6, 6.07) is 10.5. The number of alkyl halides is 1. The molecule has 3 aromatic rings. The summed E-state index contributed by atoms with van der Waals surface area (Å²) >= 11 is 8.24. The average molecular weight is 412 g/mol. The quantitative estimate of drug-likeness (QED) is 0.468. The molecule has 3 rings (SSSR count). The van der Waals surface area contributed by atoms with Crippen LogP contribution in [0.5, 0.6) is 0 Å². The van der Waals surface area contributed by atoms with Crippen molar-refractivity contribution in [2.45, 2.75) is 19.4 Å². The number of imidazole rings is 1. The molecule has 2 heterocycles. The van der Waals surface area contributed by atoms with E-state index in [2.05, 4.69) is 62.5 Å². The van der Waals surface area contributed by atoms with Crippen LogP contribution in [0.3, 0.4) is 0 Å². The molecule has 0 amide bonds. The highest BCUT2D eigenvalue weighted by molar-refractivity contribution is 14.1. The topological polar surface area (TPSA) is 30.7 Å². The molecular weight excluding hydrogens is 397 g/mol. The van der Waals surface area contributed by atoms with Crippen LogP contribution in [0.25, 0.3) is 11.0 Å². The van der Waals surface area contributed by atoms with Gasteiger partial charge in [0.15, 0.2) is 0 Å². The maximum absolute atomic E-state index is 5.92. The van der Waals surface area contributed by atoms with Crippen LogP contribution in [-0.2, 0) is 19.4 Å². The van der Waals surface area contributed by atoms with E-state index < -0.39 is 0 Å². The number of hydrogen-bond acceptors (Lipinski definition) is 2. The van der Waals surface area contributed by atoms with Crippen LogP contribution in [0.4, 0.5) is 0 Å². The third kappa shape index (κ3) is 3.37. The molecule has 0 N–H and O–H groups in total. The van der Waals surface area contributed by atoms with Gasteiger partial charge in [0.1, 0.15) is 5.82 Å². The van der Waals surface area contributed by atoms with Gasteiger partial charge in [0.25, 0.3) is 0 Å². The first-order chi connectivity index (χ1) is 10.3. The molecule has 0 bridgehead atoms. The summed E-state index contributed by atoms with van der Waals surface area (Å²) in [5.74, 6) is 1.66. The Morgan fingerprint density at radius 3 is 2.67 bits per heavy atom. The molecule has 2 aromatic heterocycles. The first-order valence-electron chi connectivity index (χ1n) is 6.87. The van der Waals surface area contributed by atoms with Gasteiger partial charge in [-0.25, -0.2) is 4.98 Å². The Kier molecular flexibility index (Phi) is 4.75. The van der Waals surface area contributed by atoms with Gasteiger partial charge in [0, 0.05) is 34.8 Å². The Hall–Kier alpha value is -1.14. The second-order valence-electron chi connectivity index (χ2n) is 4.86. The van der Waals surface area contributed by atoms with Crippen molar-refractivity contribution in [3.8, 4) is 0 Å². The minimum Gasteiger partial charge on any atom is -0.328 e. The first-order valence-corrected chi connectivity index (χ1v) is 8.49. The number of nitrogens with zero attached hydrogens (tertiary/aromatic N) is 3. The highest BCUT2D eigenvalue weighted by Crippen LogP contribution is 2.20. The fourth-order valence-corrected chi connectivity index (χ4v) is 3.11. The molecule has 0 saturated carbocycles. The normalized spacial score (nSPS) is 11.1. The third-order valence-electron chi connectivity index (χ3n) is 3.48. The average Bonchev–Trinajstić information content (AvgIpc) is 2.83. The summed E-state index contributed by atoms with van der Waals surface area (Å²) < 4.78 is 3.49. The number of benzene rings is 1. The Morgan fingerprint density at radius 1 is 1.10 bits per heavy atom. The van der Waals surface area contributed by atoms with Crippen LogP contribution in [-0.4, -0.2) is 20.4 Å². The first kappa shape index (κ1) is 14.8. The maximum Gasteiger partial charge on any atom is 0.111 e. The van der Waals surface area contributed by atoms with Crippen molar-refractivity contribution in [3.63, 3.8) is 0 Å². The number of rotatable bonds is 5. The van der Waals surface area contributed by atoms with E-state index in [0.717, 1.165) is 30.7 Å². The van der Waals surface area contributed by atoms with Gasteiger partial charge in [-0.3, -0.25) is 4.98 Å². The SMILES string of the molecule is ClCCc1nc2cc(I)ccc2n1CCc1ccncc1. The lowest BCUT2D eigenvalue weighted by Crippen LogP contribution is -2.07. The summed E-state index contributed by atoms with van der Waals surface area (Å²) in [5, 5.41) is 0. The molecule has 21 heavy (non-hydrogen) atoms. The highest BCUT2D eigenvalue weighted by atomic mass is 127. The number of aryl methyl sites for hydroxylation is 3. The fourth-order valence-electron chi connectivity index (χ4n) is 2.47. The zero-order chi connectivity index (χ0) is 14.7. The number of aromatic nitrogens is 3. The summed E-state index contributed by atoms with van der Waals surface area (Å²) in [5.41, 5.74) is 3.52. The van der Waals surface area contributed by atoms with Crippen LogP contribution in [0.1, 0.15) is 11.4 Å². The van der Waals surface area contributed by atoms with Crippen molar-refractivity contribution in [2.75, 3.05) is 5.88 Å². The molecule has 5 heteroatoms. The molecule has 0 aliphatic rings.